The summed E-state index contributed by atoms with van der Waals surface area (Å²) in [6, 6.07) is 6.10. The number of carbonyl (C=O) groups excluding carboxylic acids is 1. The molecule has 5 nitrogen and oxygen atoms in total. The minimum Gasteiger partial charge on any atom is -0.369 e. The Labute approximate surface area is 124 Å². The SMILES string of the molecule is Cc1cccc2c(NCC3CCN(C)C(=O)C3)ncnc12. The van der Waals surface area contributed by atoms with Gasteiger partial charge in [-0.05, 0) is 30.9 Å². The van der Waals surface area contributed by atoms with Crippen molar-refractivity contribution in [3.63, 3.8) is 0 Å². The van der Waals surface area contributed by atoms with E-state index < -0.39 is 0 Å². The van der Waals surface area contributed by atoms with Crippen molar-refractivity contribution in [1.82, 2.24) is 14.9 Å². The van der Waals surface area contributed by atoms with E-state index in [-0.39, 0.29) is 5.91 Å². The van der Waals surface area contributed by atoms with Gasteiger partial charge >= 0.3 is 0 Å². The van der Waals surface area contributed by atoms with E-state index in [9.17, 15) is 4.79 Å². The summed E-state index contributed by atoms with van der Waals surface area (Å²) in [6.45, 7) is 3.67. The Morgan fingerprint density at radius 1 is 1.38 bits per heavy atom. The van der Waals surface area contributed by atoms with E-state index in [0.717, 1.165) is 41.8 Å². The third-order valence-corrected chi connectivity index (χ3v) is 4.19. The van der Waals surface area contributed by atoms with Gasteiger partial charge in [0.05, 0.1) is 5.52 Å². The van der Waals surface area contributed by atoms with Crippen LogP contribution < -0.4 is 5.32 Å². The third-order valence-electron chi connectivity index (χ3n) is 4.19. The summed E-state index contributed by atoms with van der Waals surface area (Å²) in [7, 11) is 1.87. The fraction of sp³-hybridized carbons (Fsp3) is 0.438. The van der Waals surface area contributed by atoms with Gasteiger partial charge in [-0.25, -0.2) is 9.97 Å². The van der Waals surface area contributed by atoms with Crippen LogP contribution in [0.25, 0.3) is 10.9 Å². The Hall–Kier alpha value is -2.17. The van der Waals surface area contributed by atoms with Crippen molar-refractivity contribution in [2.75, 3.05) is 25.5 Å². The molecule has 1 N–H and O–H groups in total. The first-order chi connectivity index (χ1) is 10.1. The number of benzene rings is 1. The molecule has 110 valence electrons. The van der Waals surface area contributed by atoms with Gasteiger partial charge in [0.1, 0.15) is 12.1 Å². The van der Waals surface area contributed by atoms with Crippen molar-refractivity contribution in [3.05, 3.63) is 30.1 Å². The lowest BCUT2D eigenvalue weighted by molar-refractivity contribution is -0.133. The zero-order chi connectivity index (χ0) is 14.8. The van der Waals surface area contributed by atoms with E-state index in [4.69, 9.17) is 0 Å². The minimum atomic E-state index is 0.233. The molecule has 3 rings (SSSR count). The molecule has 1 fully saturated rings. The molecule has 0 aliphatic carbocycles. The highest BCUT2D eigenvalue weighted by Gasteiger charge is 2.23. The largest absolute Gasteiger partial charge is 0.369 e. The summed E-state index contributed by atoms with van der Waals surface area (Å²) in [5.41, 5.74) is 2.13. The maximum Gasteiger partial charge on any atom is 0.222 e. The first-order valence-corrected chi connectivity index (χ1v) is 7.33. The summed E-state index contributed by atoms with van der Waals surface area (Å²) in [4.78, 5) is 22.2. The predicted octanol–water partition coefficient (Wildman–Crippen LogP) is 2.22. The molecule has 1 aromatic carbocycles. The number of para-hydroxylation sites is 1. The number of carbonyl (C=O) groups is 1. The molecule has 2 aromatic rings. The van der Waals surface area contributed by atoms with E-state index in [1.165, 1.54) is 0 Å². The molecule has 1 atom stereocenters. The molecule has 0 saturated carbocycles. The van der Waals surface area contributed by atoms with Crippen molar-refractivity contribution < 1.29 is 4.79 Å². The molecule has 0 bridgehead atoms. The molecule has 0 radical (unpaired) electrons. The van der Waals surface area contributed by atoms with Crippen molar-refractivity contribution in [1.29, 1.82) is 0 Å². The van der Waals surface area contributed by atoms with Crippen LogP contribution in [0.4, 0.5) is 5.82 Å². The van der Waals surface area contributed by atoms with Gasteiger partial charge in [0, 0.05) is 31.9 Å². The van der Waals surface area contributed by atoms with Crippen LogP contribution in [0.1, 0.15) is 18.4 Å². The molecule has 5 heteroatoms. The van der Waals surface area contributed by atoms with Crippen LogP contribution >= 0.6 is 0 Å². The molecular weight excluding hydrogens is 264 g/mol. The van der Waals surface area contributed by atoms with Crippen LogP contribution in [0, 0.1) is 12.8 Å². The van der Waals surface area contributed by atoms with Gasteiger partial charge in [0.2, 0.25) is 5.91 Å². The number of aryl methyl sites for hydroxylation is 1. The second-order valence-corrected chi connectivity index (χ2v) is 5.75. The summed E-state index contributed by atoms with van der Waals surface area (Å²) in [5.74, 6) is 1.47. The molecule has 2 heterocycles. The van der Waals surface area contributed by atoms with Gasteiger partial charge < -0.3 is 10.2 Å². The van der Waals surface area contributed by atoms with E-state index in [0.29, 0.717) is 12.3 Å². The fourth-order valence-corrected chi connectivity index (χ4v) is 2.80. The number of fused-ring (bicyclic) bond motifs is 1. The van der Waals surface area contributed by atoms with Crippen molar-refractivity contribution in [3.8, 4) is 0 Å². The van der Waals surface area contributed by atoms with Gasteiger partial charge in [-0.1, -0.05) is 12.1 Å². The lowest BCUT2D eigenvalue weighted by Gasteiger charge is -2.28. The van der Waals surface area contributed by atoms with E-state index in [1.54, 1.807) is 11.2 Å². The number of hydrogen-bond donors (Lipinski definition) is 1. The number of aromatic nitrogens is 2. The second kappa shape index (κ2) is 5.68. The molecule has 1 aliphatic heterocycles. The summed E-state index contributed by atoms with van der Waals surface area (Å²) < 4.78 is 0. The number of nitrogens with zero attached hydrogens (tertiary/aromatic N) is 3. The highest BCUT2D eigenvalue weighted by molar-refractivity contribution is 5.90. The van der Waals surface area contributed by atoms with Crippen molar-refractivity contribution in [2.24, 2.45) is 5.92 Å². The molecule has 0 spiro atoms. The molecule has 1 saturated heterocycles. The topological polar surface area (TPSA) is 58.1 Å². The lowest BCUT2D eigenvalue weighted by atomic mass is 9.96. The van der Waals surface area contributed by atoms with Gasteiger partial charge in [-0.2, -0.15) is 0 Å². The van der Waals surface area contributed by atoms with Crippen LogP contribution in [0.3, 0.4) is 0 Å². The molecule has 1 aliphatic rings. The standard InChI is InChI=1S/C16H20N4O/c1-11-4-3-5-13-15(11)18-10-19-16(13)17-9-12-6-7-20(2)14(21)8-12/h3-5,10,12H,6-9H2,1-2H3,(H,17,18,19). The first kappa shape index (κ1) is 13.8. The molecule has 21 heavy (non-hydrogen) atoms. The fourth-order valence-electron chi connectivity index (χ4n) is 2.80. The number of piperidine rings is 1. The number of rotatable bonds is 3. The van der Waals surface area contributed by atoms with Crippen LogP contribution in [-0.2, 0) is 4.79 Å². The van der Waals surface area contributed by atoms with E-state index in [1.807, 2.05) is 19.2 Å². The smallest absolute Gasteiger partial charge is 0.222 e. The summed E-state index contributed by atoms with van der Waals surface area (Å²) >= 11 is 0. The van der Waals surface area contributed by atoms with E-state index >= 15 is 0 Å². The third kappa shape index (κ3) is 2.82. The zero-order valence-electron chi connectivity index (χ0n) is 12.5. The predicted molar refractivity (Wildman–Crippen MR) is 83.1 cm³/mol. The zero-order valence-corrected chi connectivity index (χ0v) is 12.5. The highest BCUT2D eigenvalue weighted by Crippen LogP contribution is 2.23. The van der Waals surface area contributed by atoms with E-state index in [2.05, 4.69) is 28.3 Å². The molecule has 1 unspecified atom stereocenters. The number of amides is 1. The Morgan fingerprint density at radius 2 is 2.24 bits per heavy atom. The van der Waals surface area contributed by atoms with Gasteiger partial charge in [0.15, 0.2) is 0 Å². The normalized spacial score (nSPS) is 19.0. The average Bonchev–Trinajstić information content (AvgIpc) is 2.49. The van der Waals surface area contributed by atoms with Crippen LogP contribution in [0.5, 0.6) is 0 Å². The quantitative estimate of drug-likeness (QED) is 0.939. The van der Waals surface area contributed by atoms with Crippen LogP contribution in [0.2, 0.25) is 0 Å². The van der Waals surface area contributed by atoms with Crippen molar-refractivity contribution in [2.45, 2.75) is 19.8 Å². The monoisotopic (exact) mass is 284 g/mol. The number of anilines is 1. The highest BCUT2D eigenvalue weighted by atomic mass is 16.2. The second-order valence-electron chi connectivity index (χ2n) is 5.75. The van der Waals surface area contributed by atoms with Gasteiger partial charge in [-0.15, -0.1) is 0 Å². The maximum absolute atomic E-state index is 11.7. The summed E-state index contributed by atoms with van der Waals surface area (Å²) in [5, 5.41) is 4.44. The van der Waals surface area contributed by atoms with Gasteiger partial charge in [0.25, 0.3) is 0 Å². The average molecular weight is 284 g/mol. The number of likely N-dealkylation sites (tertiary alicyclic amines) is 1. The molecular formula is C16H20N4O. The summed E-state index contributed by atoms with van der Waals surface area (Å²) in [6.07, 6.45) is 3.25. The Balaban J connectivity index is 1.74. The van der Waals surface area contributed by atoms with Crippen LogP contribution in [0.15, 0.2) is 24.5 Å². The molecule has 1 amide bonds. The first-order valence-electron chi connectivity index (χ1n) is 7.33. The van der Waals surface area contributed by atoms with Crippen molar-refractivity contribution >= 4 is 22.6 Å². The Bertz CT molecular complexity index is 670. The maximum atomic E-state index is 11.7. The Kier molecular flexibility index (Phi) is 3.73. The van der Waals surface area contributed by atoms with Crippen LogP contribution in [-0.4, -0.2) is 40.9 Å². The number of nitrogens with one attached hydrogen (secondary N) is 1. The number of hydrogen-bond acceptors (Lipinski definition) is 4. The molecule has 1 aromatic heterocycles. The van der Waals surface area contributed by atoms with Gasteiger partial charge in [-0.3, -0.25) is 4.79 Å². The minimum absolute atomic E-state index is 0.233. The Morgan fingerprint density at radius 3 is 3.05 bits per heavy atom. The lowest BCUT2D eigenvalue weighted by Crippen LogP contribution is -2.37.